The molecule has 4 rings (SSSR count). The van der Waals surface area contributed by atoms with Crippen molar-refractivity contribution in [2.45, 2.75) is 13.8 Å². The maximum Gasteiger partial charge on any atom is 0.253 e. The zero-order valence-corrected chi connectivity index (χ0v) is 23.9. The summed E-state index contributed by atoms with van der Waals surface area (Å²) >= 11 is 6.00. The molecule has 0 aromatic heterocycles. The maximum atomic E-state index is 13.5. The molecule has 0 unspecified atom stereocenters. The maximum absolute atomic E-state index is 13.5. The van der Waals surface area contributed by atoms with Crippen molar-refractivity contribution in [3.05, 3.63) is 48.0 Å². The third kappa shape index (κ3) is 7.35. The summed E-state index contributed by atoms with van der Waals surface area (Å²) < 4.78 is 11.0. The van der Waals surface area contributed by atoms with Crippen molar-refractivity contribution in [3.8, 4) is 5.75 Å². The van der Waals surface area contributed by atoms with Crippen LogP contribution in [0.1, 0.15) is 24.2 Å². The van der Waals surface area contributed by atoms with Crippen LogP contribution in [0.4, 0.5) is 17.1 Å². The van der Waals surface area contributed by atoms with Crippen molar-refractivity contribution in [3.63, 3.8) is 0 Å². The number of piperazine rings is 1. The molecule has 2 saturated heterocycles. The molecule has 0 radical (unpaired) electrons. The minimum Gasteiger partial charge on any atom is -0.495 e. The van der Waals surface area contributed by atoms with E-state index in [1.165, 1.54) is 0 Å². The predicted molar refractivity (Wildman–Crippen MR) is 157 cm³/mol. The highest BCUT2D eigenvalue weighted by Crippen LogP contribution is 2.31. The fourth-order valence-electron chi connectivity index (χ4n) is 4.76. The molecule has 2 aliphatic rings. The number of halogens is 1. The van der Waals surface area contributed by atoms with Gasteiger partial charge in [-0.25, -0.2) is 0 Å². The molecule has 2 N–H and O–H groups in total. The number of anilines is 3. The zero-order valence-electron chi connectivity index (χ0n) is 23.2. The molecular weight excluding hydrogens is 518 g/mol. The average molecular weight is 558 g/mol. The smallest absolute Gasteiger partial charge is 0.253 e. The normalized spacial score (nSPS) is 16.6. The molecule has 2 aromatic rings. The number of benzene rings is 2. The van der Waals surface area contributed by atoms with Crippen molar-refractivity contribution in [1.82, 2.24) is 10.2 Å². The zero-order chi connectivity index (χ0) is 27.8. The summed E-state index contributed by atoms with van der Waals surface area (Å²) in [6, 6.07) is 13.6. The lowest BCUT2D eigenvalue weighted by atomic mass is 9.95. The lowest BCUT2D eigenvalue weighted by Crippen LogP contribution is -2.47. The molecule has 0 bridgehead atoms. The number of carbonyl (C=O) groups is 2. The van der Waals surface area contributed by atoms with E-state index in [-0.39, 0.29) is 17.7 Å². The molecule has 0 spiro atoms. The first-order valence-electron chi connectivity index (χ1n) is 13.5. The highest BCUT2D eigenvalue weighted by Gasteiger charge is 2.28. The third-order valence-corrected chi connectivity index (χ3v) is 7.98. The number of amides is 2. The minimum absolute atomic E-state index is 0.155. The molecule has 2 aromatic carbocycles. The quantitative estimate of drug-likeness (QED) is 0.434. The van der Waals surface area contributed by atoms with Gasteiger partial charge in [-0.3, -0.25) is 14.5 Å². The lowest BCUT2D eigenvalue weighted by molar-refractivity contribution is -0.122. The summed E-state index contributed by atoms with van der Waals surface area (Å²) in [6.07, 6.45) is 0. The van der Waals surface area contributed by atoms with Crippen molar-refractivity contribution >= 4 is 40.5 Å². The number of alkyl halides is 1. The highest BCUT2D eigenvalue weighted by atomic mass is 35.5. The topological polar surface area (TPSA) is 86.4 Å². The number of hydrogen-bond donors (Lipinski definition) is 2. The van der Waals surface area contributed by atoms with Crippen LogP contribution in [0.15, 0.2) is 42.5 Å². The molecule has 0 saturated carbocycles. The van der Waals surface area contributed by atoms with Crippen LogP contribution in [-0.4, -0.2) is 95.3 Å². The van der Waals surface area contributed by atoms with E-state index in [0.717, 1.165) is 76.2 Å². The van der Waals surface area contributed by atoms with Crippen LogP contribution in [0.25, 0.3) is 0 Å². The highest BCUT2D eigenvalue weighted by molar-refractivity contribution is 6.20. The standard InChI is InChI=1S/C29H40ClN5O4/c1-29(2,21-30)28(37)32-22-8-9-24(23(20-22)27(36)31-10-11-33-16-18-39-19-17-33)34-12-14-35(15-13-34)25-6-4-5-7-26(25)38-3/h4-9,20H,10-19,21H2,1-3H3,(H,31,36)(H,32,37). The van der Waals surface area contributed by atoms with Crippen molar-refractivity contribution in [2.75, 3.05) is 93.7 Å². The number of rotatable bonds is 10. The van der Waals surface area contributed by atoms with E-state index in [2.05, 4.69) is 31.4 Å². The Morgan fingerprint density at radius 1 is 0.974 bits per heavy atom. The number of carbonyl (C=O) groups excluding carboxylic acids is 2. The van der Waals surface area contributed by atoms with Crippen molar-refractivity contribution < 1.29 is 19.1 Å². The predicted octanol–water partition coefficient (Wildman–Crippen LogP) is 3.29. The summed E-state index contributed by atoms with van der Waals surface area (Å²) in [7, 11) is 1.69. The van der Waals surface area contributed by atoms with Crippen molar-refractivity contribution in [2.24, 2.45) is 5.41 Å². The Balaban J connectivity index is 1.49. The minimum atomic E-state index is -0.727. The number of para-hydroxylation sites is 2. The van der Waals surface area contributed by atoms with E-state index in [0.29, 0.717) is 17.8 Å². The molecule has 212 valence electrons. The number of nitrogens with zero attached hydrogens (tertiary/aromatic N) is 3. The molecule has 2 heterocycles. The van der Waals surface area contributed by atoms with E-state index in [9.17, 15) is 9.59 Å². The number of methoxy groups -OCH3 is 1. The molecule has 39 heavy (non-hydrogen) atoms. The molecule has 2 fully saturated rings. The van der Waals surface area contributed by atoms with Gasteiger partial charge in [0.05, 0.1) is 37.0 Å². The Bertz CT molecular complexity index is 1130. The van der Waals surface area contributed by atoms with Crippen LogP contribution in [0.5, 0.6) is 5.75 Å². The SMILES string of the molecule is COc1ccccc1N1CCN(c2ccc(NC(=O)C(C)(C)CCl)cc2C(=O)NCCN2CCOCC2)CC1. The first-order chi connectivity index (χ1) is 18.8. The Morgan fingerprint density at radius 3 is 2.31 bits per heavy atom. The largest absolute Gasteiger partial charge is 0.495 e. The van der Waals surface area contributed by atoms with Gasteiger partial charge < -0.3 is 29.9 Å². The molecule has 0 atom stereocenters. The van der Waals surface area contributed by atoms with Gasteiger partial charge in [-0.2, -0.15) is 0 Å². The second-order valence-corrected chi connectivity index (χ2v) is 10.8. The van der Waals surface area contributed by atoms with Gasteiger partial charge in [-0.05, 0) is 44.2 Å². The average Bonchev–Trinajstić information content (AvgIpc) is 2.97. The number of nitrogens with one attached hydrogen (secondary N) is 2. The van der Waals surface area contributed by atoms with E-state index in [1.807, 2.05) is 30.3 Å². The van der Waals surface area contributed by atoms with E-state index in [1.54, 1.807) is 27.0 Å². The van der Waals surface area contributed by atoms with Crippen LogP contribution in [0.2, 0.25) is 0 Å². The van der Waals surface area contributed by atoms with E-state index < -0.39 is 5.41 Å². The van der Waals surface area contributed by atoms with Gasteiger partial charge in [-0.1, -0.05) is 12.1 Å². The summed E-state index contributed by atoms with van der Waals surface area (Å²) in [5.41, 5.74) is 2.32. The van der Waals surface area contributed by atoms with Gasteiger partial charge in [0.2, 0.25) is 5.91 Å². The monoisotopic (exact) mass is 557 g/mol. The van der Waals surface area contributed by atoms with E-state index >= 15 is 0 Å². The third-order valence-electron chi connectivity index (χ3n) is 7.31. The van der Waals surface area contributed by atoms with Crippen LogP contribution in [0, 0.1) is 5.41 Å². The van der Waals surface area contributed by atoms with E-state index in [4.69, 9.17) is 21.1 Å². The Kier molecular flexibility index (Phi) is 9.94. The first kappa shape index (κ1) is 29.0. The fourth-order valence-corrected chi connectivity index (χ4v) is 4.88. The second kappa shape index (κ2) is 13.4. The molecule has 2 amide bonds. The van der Waals surface area contributed by atoms with Crippen LogP contribution in [-0.2, 0) is 9.53 Å². The van der Waals surface area contributed by atoms with Crippen molar-refractivity contribution in [1.29, 1.82) is 0 Å². The Hall–Kier alpha value is -3.01. The Labute approximate surface area is 236 Å². The van der Waals surface area contributed by atoms with Gasteiger partial charge in [0.25, 0.3) is 5.91 Å². The second-order valence-electron chi connectivity index (χ2n) is 10.6. The summed E-state index contributed by atoms with van der Waals surface area (Å²) in [6.45, 7) is 11.2. The van der Waals surface area contributed by atoms with Gasteiger partial charge in [0.15, 0.2) is 0 Å². The van der Waals surface area contributed by atoms with Gasteiger partial charge >= 0.3 is 0 Å². The molecular formula is C29H40ClN5O4. The van der Waals surface area contributed by atoms with Gasteiger partial charge in [0, 0.05) is 69.6 Å². The lowest BCUT2D eigenvalue weighted by Gasteiger charge is -2.38. The fraction of sp³-hybridized carbons (Fsp3) is 0.517. The van der Waals surface area contributed by atoms with Crippen LogP contribution < -0.4 is 25.2 Å². The molecule has 0 aliphatic carbocycles. The summed E-state index contributed by atoms with van der Waals surface area (Å²) in [5.74, 6) is 0.709. The van der Waals surface area contributed by atoms with Crippen LogP contribution in [0.3, 0.4) is 0 Å². The number of ether oxygens (including phenoxy) is 2. The Morgan fingerprint density at radius 2 is 1.64 bits per heavy atom. The molecule has 10 heteroatoms. The van der Waals surface area contributed by atoms with Crippen LogP contribution >= 0.6 is 11.6 Å². The summed E-state index contributed by atoms with van der Waals surface area (Å²) in [5, 5.41) is 6.03. The van der Waals surface area contributed by atoms with Gasteiger partial charge in [0.1, 0.15) is 5.75 Å². The number of hydrogen-bond acceptors (Lipinski definition) is 7. The number of morpholine rings is 1. The molecule has 2 aliphatic heterocycles. The molecule has 9 nitrogen and oxygen atoms in total. The van der Waals surface area contributed by atoms with Gasteiger partial charge in [-0.15, -0.1) is 11.6 Å². The first-order valence-corrected chi connectivity index (χ1v) is 14.1. The summed E-state index contributed by atoms with van der Waals surface area (Å²) in [4.78, 5) is 33.1.